The van der Waals surface area contributed by atoms with Crippen LogP contribution in [0.1, 0.15) is 34.1 Å². The van der Waals surface area contributed by atoms with Crippen LogP contribution in [0.5, 0.6) is 0 Å². The maximum Gasteiger partial charge on any atom is 0.162 e. The lowest BCUT2D eigenvalue weighted by atomic mass is 10.1. The van der Waals surface area contributed by atoms with Crippen molar-refractivity contribution in [1.29, 1.82) is 0 Å². The molecular formula is C7H18OSi. The van der Waals surface area contributed by atoms with Crippen molar-refractivity contribution in [1.82, 2.24) is 0 Å². The Balaban J connectivity index is 3.33. The molecule has 0 bridgehead atoms. The Kier molecular flexibility index (Phi) is 4.15. The Bertz CT molecular complexity index is 71.3. The van der Waals surface area contributed by atoms with Gasteiger partial charge in [0.2, 0.25) is 0 Å². The van der Waals surface area contributed by atoms with E-state index in [1.165, 1.54) is 6.04 Å². The normalized spacial score (nSPS) is 13.3. The average molecular weight is 146 g/mol. The highest BCUT2D eigenvalue weighted by Gasteiger charge is 2.12. The van der Waals surface area contributed by atoms with Gasteiger partial charge in [-0.2, -0.15) is 0 Å². The number of hydrogen-bond donors (Lipinski definition) is 0. The minimum Gasteiger partial charge on any atom is -0.419 e. The van der Waals surface area contributed by atoms with Crippen LogP contribution in [0.3, 0.4) is 0 Å². The van der Waals surface area contributed by atoms with Gasteiger partial charge in [-0.1, -0.05) is 13.8 Å². The van der Waals surface area contributed by atoms with E-state index >= 15 is 0 Å². The largest absolute Gasteiger partial charge is 0.419 e. The fourth-order valence-corrected chi connectivity index (χ4v) is 1.44. The lowest BCUT2D eigenvalue weighted by molar-refractivity contribution is 0.111. The van der Waals surface area contributed by atoms with E-state index in [0.717, 1.165) is 6.42 Å². The minimum atomic E-state index is -0.193. The Morgan fingerprint density at radius 2 is 1.89 bits per heavy atom. The first kappa shape index (κ1) is 9.18. The van der Waals surface area contributed by atoms with Crippen LogP contribution in [0.2, 0.25) is 6.04 Å². The molecule has 0 aromatic heterocycles. The highest BCUT2D eigenvalue weighted by atomic mass is 28.2. The quantitative estimate of drug-likeness (QED) is 0.549. The van der Waals surface area contributed by atoms with Gasteiger partial charge in [0, 0.05) is 5.60 Å². The molecule has 0 aromatic carbocycles. The average Bonchev–Trinajstić information content (AvgIpc) is 1.84. The fraction of sp³-hybridized carbons (Fsp3) is 1.00. The van der Waals surface area contributed by atoms with Crippen molar-refractivity contribution in [3.63, 3.8) is 0 Å². The molecule has 0 spiro atoms. The molecule has 56 valence electrons. The van der Waals surface area contributed by atoms with Gasteiger partial charge in [-0.25, -0.2) is 0 Å². The zero-order valence-corrected chi connectivity index (χ0v) is 8.44. The van der Waals surface area contributed by atoms with E-state index in [0.29, 0.717) is 0 Å². The van der Waals surface area contributed by atoms with E-state index in [9.17, 15) is 0 Å². The van der Waals surface area contributed by atoms with Crippen molar-refractivity contribution in [2.24, 2.45) is 0 Å². The van der Waals surface area contributed by atoms with E-state index in [1.807, 2.05) is 0 Å². The van der Waals surface area contributed by atoms with Crippen molar-refractivity contribution in [2.45, 2.75) is 45.8 Å². The molecule has 0 N–H and O–H groups in total. The summed E-state index contributed by atoms with van der Waals surface area (Å²) in [4.78, 5) is 0. The molecule has 0 heterocycles. The highest BCUT2D eigenvalue weighted by Crippen LogP contribution is 2.12. The lowest BCUT2D eigenvalue weighted by Crippen LogP contribution is -2.24. The first-order valence-electron chi connectivity index (χ1n) is 3.76. The minimum absolute atomic E-state index is 0.155. The van der Waals surface area contributed by atoms with Gasteiger partial charge in [-0.05, 0) is 26.3 Å². The molecule has 2 heteroatoms. The van der Waals surface area contributed by atoms with Crippen molar-refractivity contribution < 1.29 is 4.43 Å². The van der Waals surface area contributed by atoms with E-state index in [-0.39, 0.29) is 15.4 Å². The molecular weight excluding hydrogens is 128 g/mol. The summed E-state index contributed by atoms with van der Waals surface area (Å²) in [5.74, 6) is 0. The number of rotatable bonds is 4. The summed E-state index contributed by atoms with van der Waals surface area (Å²) in [5, 5.41) is 0. The van der Waals surface area contributed by atoms with Crippen molar-refractivity contribution in [3.05, 3.63) is 0 Å². The van der Waals surface area contributed by atoms with Crippen molar-refractivity contribution >= 4 is 9.76 Å². The van der Waals surface area contributed by atoms with Gasteiger partial charge in [0.15, 0.2) is 9.76 Å². The second-order valence-electron chi connectivity index (χ2n) is 2.96. The second kappa shape index (κ2) is 4.07. The van der Waals surface area contributed by atoms with Gasteiger partial charge >= 0.3 is 0 Å². The predicted octanol–water partition coefficient (Wildman–Crippen LogP) is 1.71. The smallest absolute Gasteiger partial charge is 0.162 e. The topological polar surface area (TPSA) is 9.23 Å². The molecule has 9 heavy (non-hydrogen) atoms. The van der Waals surface area contributed by atoms with Crippen LogP contribution in [0.15, 0.2) is 0 Å². The summed E-state index contributed by atoms with van der Waals surface area (Å²) in [5.41, 5.74) is 0.155. The zero-order chi connectivity index (χ0) is 7.33. The summed E-state index contributed by atoms with van der Waals surface area (Å²) in [6, 6.07) is 1.25. The summed E-state index contributed by atoms with van der Waals surface area (Å²) < 4.78 is 5.67. The molecule has 1 nitrogen and oxygen atoms in total. The van der Waals surface area contributed by atoms with E-state index < -0.39 is 0 Å². The third-order valence-electron chi connectivity index (χ3n) is 1.55. The molecule has 0 atom stereocenters. The maximum atomic E-state index is 5.67. The van der Waals surface area contributed by atoms with Crippen LogP contribution in [0.25, 0.3) is 0 Å². The third-order valence-corrected chi connectivity index (χ3v) is 2.94. The zero-order valence-electron chi connectivity index (χ0n) is 7.03. The standard InChI is InChI=1S/C7H18OSi/c1-5-7(3,4)8-9-6-2/h5-6,9H2,1-4H3. The van der Waals surface area contributed by atoms with E-state index in [2.05, 4.69) is 27.7 Å². The maximum absolute atomic E-state index is 5.67. The van der Waals surface area contributed by atoms with Gasteiger partial charge in [-0.15, -0.1) is 0 Å². The molecule has 0 rings (SSSR count). The number of hydrogen-bond acceptors (Lipinski definition) is 1. The molecule has 0 aliphatic rings. The van der Waals surface area contributed by atoms with Crippen LogP contribution < -0.4 is 0 Å². The van der Waals surface area contributed by atoms with Gasteiger partial charge in [0.25, 0.3) is 0 Å². The highest BCUT2D eigenvalue weighted by molar-refractivity contribution is 6.27. The van der Waals surface area contributed by atoms with Crippen LogP contribution in [-0.2, 0) is 4.43 Å². The van der Waals surface area contributed by atoms with Gasteiger partial charge in [0.05, 0.1) is 0 Å². The second-order valence-corrected chi connectivity index (χ2v) is 4.66. The van der Waals surface area contributed by atoms with Crippen molar-refractivity contribution in [2.75, 3.05) is 0 Å². The molecule has 0 saturated carbocycles. The Labute approximate surface area is 60.7 Å². The molecule has 0 radical (unpaired) electrons. The predicted molar refractivity (Wildman–Crippen MR) is 44.5 cm³/mol. The summed E-state index contributed by atoms with van der Waals surface area (Å²) in [7, 11) is -0.193. The molecule has 0 amide bonds. The Morgan fingerprint density at radius 3 is 2.22 bits per heavy atom. The Morgan fingerprint density at radius 1 is 1.33 bits per heavy atom. The van der Waals surface area contributed by atoms with Gasteiger partial charge < -0.3 is 4.43 Å². The lowest BCUT2D eigenvalue weighted by Gasteiger charge is -2.23. The van der Waals surface area contributed by atoms with E-state index in [1.54, 1.807) is 0 Å². The third kappa shape index (κ3) is 4.67. The fourth-order valence-electron chi connectivity index (χ4n) is 0.480. The molecule has 0 fully saturated rings. The van der Waals surface area contributed by atoms with Gasteiger partial charge in [0.1, 0.15) is 0 Å². The summed E-state index contributed by atoms with van der Waals surface area (Å²) in [6.45, 7) is 8.69. The molecule has 0 aromatic rings. The monoisotopic (exact) mass is 146 g/mol. The summed E-state index contributed by atoms with van der Waals surface area (Å²) >= 11 is 0. The first-order chi connectivity index (χ1) is 4.12. The molecule has 0 unspecified atom stereocenters. The van der Waals surface area contributed by atoms with Crippen molar-refractivity contribution in [3.8, 4) is 0 Å². The van der Waals surface area contributed by atoms with Crippen LogP contribution >= 0.6 is 0 Å². The van der Waals surface area contributed by atoms with Crippen LogP contribution in [0.4, 0.5) is 0 Å². The van der Waals surface area contributed by atoms with Gasteiger partial charge in [-0.3, -0.25) is 0 Å². The molecule has 0 saturated heterocycles. The van der Waals surface area contributed by atoms with Crippen LogP contribution in [0, 0.1) is 0 Å². The summed E-state index contributed by atoms with van der Waals surface area (Å²) in [6.07, 6.45) is 1.12. The molecule has 0 aliphatic carbocycles. The van der Waals surface area contributed by atoms with Crippen LogP contribution in [-0.4, -0.2) is 15.4 Å². The first-order valence-corrected chi connectivity index (χ1v) is 5.34. The molecule has 0 aliphatic heterocycles. The van der Waals surface area contributed by atoms with E-state index in [4.69, 9.17) is 4.43 Å². The SMILES string of the molecule is CC[SiH2]OC(C)(C)CC. The Hall–Kier alpha value is 0.177.